The number of benzene rings is 2. The third-order valence-electron chi connectivity index (χ3n) is 5.37. The van der Waals surface area contributed by atoms with E-state index in [-0.39, 0.29) is 11.3 Å². The Hall–Kier alpha value is -2.66. The normalized spacial score (nSPS) is 19.0. The van der Waals surface area contributed by atoms with Crippen molar-refractivity contribution in [1.82, 2.24) is 4.90 Å². The van der Waals surface area contributed by atoms with Crippen molar-refractivity contribution in [2.75, 3.05) is 20.6 Å². The van der Waals surface area contributed by atoms with E-state index < -0.39 is 11.9 Å². The highest BCUT2D eigenvalue weighted by atomic mass is 16.5. The van der Waals surface area contributed by atoms with E-state index in [4.69, 9.17) is 9.47 Å². The summed E-state index contributed by atoms with van der Waals surface area (Å²) in [5.74, 6) is 0.787. The van der Waals surface area contributed by atoms with Crippen molar-refractivity contribution in [1.29, 1.82) is 0 Å². The summed E-state index contributed by atoms with van der Waals surface area (Å²) in [6.45, 7) is 2.37. The highest BCUT2D eigenvalue weighted by molar-refractivity contribution is 5.94. The minimum Gasteiger partial charge on any atom is -0.426 e. The number of ether oxygens (including phenoxy) is 2. The zero-order chi connectivity index (χ0) is 20.8. The minimum absolute atomic E-state index is 0.208. The van der Waals surface area contributed by atoms with E-state index in [1.165, 1.54) is 31.7 Å². The second-order valence-electron chi connectivity index (χ2n) is 7.97. The van der Waals surface area contributed by atoms with Crippen LogP contribution in [0.15, 0.2) is 48.5 Å². The fourth-order valence-electron chi connectivity index (χ4n) is 4.18. The van der Waals surface area contributed by atoms with Gasteiger partial charge in [-0.1, -0.05) is 37.1 Å². The summed E-state index contributed by atoms with van der Waals surface area (Å²) in [7, 11) is 4.23. The summed E-state index contributed by atoms with van der Waals surface area (Å²) in [4.78, 5) is 26.2. The topological polar surface area (TPSA) is 55.8 Å². The molecule has 0 bridgehead atoms. The molecule has 5 heteroatoms. The molecule has 0 heterocycles. The van der Waals surface area contributed by atoms with Gasteiger partial charge in [-0.2, -0.15) is 0 Å². The molecule has 29 heavy (non-hydrogen) atoms. The Kier molecular flexibility index (Phi) is 7.04. The molecule has 154 valence electrons. The highest BCUT2D eigenvalue weighted by Crippen LogP contribution is 2.39. The Morgan fingerprint density at radius 1 is 1.00 bits per heavy atom. The van der Waals surface area contributed by atoms with E-state index >= 15 is 0 Å². The molecule has 0 aliphatic heterocycles. The number of rotatable bonds is 6. The number of carbonyl (C=O) groups is 2. The Morgan fingerprint density at radius 2 is 1.76 bits per heavy atom. The molecule has 0 saturated heterocycles. The van der Waals surface area contributed by atoms with Crippen molar-refractivity contribution in [3.63, 3.8) is 0 Å². The first-order chi connectivity index (χ1) is 13.9. The van der Waals surface area contributed by atoms with Gasteiger partial charge in [0.15, 0.2) is 0 Å². The van der Waals surface area contributed by atoms with E-state index in [2.05, 4.69) is 25.1 Å². The lowest BCUT2D eigenvalue weighted by molar-refractivity contribution is -0.131. The molecule has 0 N–H and O–H groups in total. The van der Waals surface area contributed by atoms with Gasteiger partial charge >= 0.3 is 11.9 Å². The predicted octanol–water partition coefficient (Wildman–Crippen LogP) is 4.67. The average Bonchev–Trinajstić information content (AvgIpc) is 2.68. The van der Waals surface area contributed by atoms with Crippen LogP contribution in [0.4, 0.5) is 0 Å². The zero-order valence-corrected chi connectivity index (χ0v) is 17.4. The van der Waals surface area contributed by atoms with E-state index in [9.17, 15) is 9.59 Å². The van der Waals surface area contributed by atoms with Gasteiger partial charge in [0.25, 0.3) is 0 Å². The maximum Gasteiger partial charge on any atom is 0.347 e. The number of para-hydroxylation sites is 1. The van der Waals surface area contributed by atoms with E-state index in [0.717, 1.165) is 13.0 Å². The molecule has 1 aliphatic carbocycles. The largest absolute Gasteiger partial charge is 0.426 e. The smallest absolute Gasteiger partial charge is 0.347 e. The molecule has 5 nitrogen and oxygen atoms in total. The van der Waals surface area contributed by atoms with Crippen LogP contribution in [-0.4, -0.2) is 37.5 Å². The number of esters is 2. The standard InChI is InChI=1S/C24H29NO4/c1-17(26)28-23-14-7-6-13-22(23)24(27)29-20-11-8-10-18(15-20)21-12-5-4-9-19(21)16-25(2)3/h6-8,10-11,13-15,19,21H,4-5,9,12,16H2,1-3H3/t19-,21-/m0/s1. The van der Waals surface area contributed by atoms with Gasteiger partial charge in [-0.3, -0.25) is 4.79 Å². The van der Waals surface area contributed by atoms with E-state index in [1.807, 2.05) is 12.1 Å². The van der Waals surface area contributed by atoms with Crippen LogP contribution in [0.2, 0.25) is 0 Å². The first kappa shape index (κ1) is 21.1. The van der Waals surface area contributed by atoms with Crippen LogP contribution in [0.5, 0.6) is 11.5 Å². The fraction of sp³-hybridized carbons (Fsp3) is 0.417. The van der Waals surface area contributed by atoms with Crippen LogP contribution in [0.1, 0.15) is 54.4 Å². The molecule has 2 atom stereocenters. The molecule has 0 spiro atoms. The monoisotopic (exact) mass is 395 g/mol. The van der Waals surface area contributed by atoms with Gasteiger partial charge in [0.2, 0.25) is 0 Å². The zero-order valence-electron chi connectivity index (χ0n) is 17.4. The van der Waals surface area contributed by atoms with Crippen LogP contribution in [0.25, 0.3) is 0 Å². The van der Waals surface area contributed by atoms with Crippen molar-refractivity contribution in [2.24, 2.45) is 5.92 Å². The molecule has 1 fully saturated rings. The van der Waals surface area contributed by atoms with Crippen LogP contribution in [-0.2, 0) is 4.79 Å². The van der Waals surface area contributed by atoms with Crippen molar-refractivity contribution >= 4 is 11.9 Å². The second-order valence-corrected chi connectivity index (χ2v) is 7.97. The maximum atomic E-state index is 12.7. The third-order valence-corrected chi connectivity index (χ3v) is 5.37. The van der Waals surface area contributed by atoms with Crippen molar-refractivity contribution in [3.05, 3.63) is 59.7 Å². The Labute approximate surface area is 172 Å². The van der Waals surface area contributed by atoms with Gasteiger partial charge in [0.05, 0.1) is 0 Å². The number of hydrogen-bond acceptors (Lipinski definition) is 5. The van der Waals surface area contributed by atoms with Gasteiger partial charge < -0.3 is 14.4 Å². The molecule has 1 aliphatic rings. The average molecular weight is 395 g/mol. The molecule has 1 saturated carbocycles. The summed E-state index contributed by atoms with van der Waals surface area (Å²) in [6, 6.07) is 14.4. The first-order valence-electron chi connectivity index (χ1n) is 10.2. The van der Waals surface area contributed by atoms with Gasteiger partial charge in [-0.15, -0.1) is 0 Å². The Balaban J connectivity index is 1.78. The Bertz CT molecular complexity index is 861. The molecular weight excluding hydrogens is 366 g/mol. The summed E-state index contributed by atoms with van der Waals surface area (Å²) >= 11 is 0. The van der Waals surface area contributed by atoms with Gasteiger partial charge in [-0.05, 0) is 68.6 Å². The summed E-state index contributed by atoms with van der Waals surface area (Å²) < 4.78 is 10.8. The molecule has 3 rings (SSSR count). The van der Waals surface area contributed by atoms with Crippen molar-refractivity contribution < 1.29 is 19.1 Å². The van der Waals surface area contributed by atoms with E-state index in [0.29, 0.717) is 17.6 Å². The fourth-order valence-corrected chi connectivity index (χ4v) is 4.18. The lowest BCUT2D eigenvalue weighted by Crippen LogP contribution is -2.28. The van der Waals surface area contributed by atoms with Gasteiger partial charge in [-0.25, -0.2) is 4.79 Å². The van der Waals surface area contributed by atoms with Crippen molar-refractivity contribution in [2.45, 2.75) is 38.5 Å². The summed E-state index contributed by atoms with van der Waals surface area (Å²) in [5, 5.41) is 0. The van der Waals surface area contributed by atoms with Gasteiger partial charge in [0.1, 0.15) is 17.1 Å². The molecular formula is C24H29NO4. The summed E-state index contributed by atoms with van der Waals surface area (Å²) in [6.07, 6.45) is 4.89. The first-order valence-corrected chi connectivity index (χ1v) is 10.2. The predicted molar refractivity (Wildman–Crippen MR) is 112 cm³/mol. The molecule has 0 amide bonds. The SMILES string of the molecule is CC(=O)Oc1ccccc1C(=O)Oc1cccc([C@@H]2CCCC[C@H]2CN(C)C)c1. The quantitative estimate of drug-likeness (QED) is 0.526. The third kappa shape index (κ3) is 5.67. The lowest BCUT2D eigenvalue weighted by atomic mass is 9.75. The number of hydrogen-bond donors (Lipinski definition) is 0. The Morgan fingerprint density at radius 3 is 2.52 bits per heavy atom. The number of carbonyl (C=O) groups excluding carboxylic acids is 2. The van der Waals surface area contributed by atoms with Crippen LogP contribution in [0, 0.1) is 5.92 Å². The minimum atomic E-state index is -0.535. The molecule has 0 unspecified atom stereocenters. The molecule has 2 aromatic carbocycles. The molecule has 0 aromatic heterocycles. The lowest BCUT2D eigenvalue weighted by Gasteiger charge is -2.34. The van der Waals surface area contributed by atoms with Crippen LogP contribution < -0.4 is 9.47 Å². The highest BCUT2D eigenvalue weighted by Gasteiger charge is 2.27. The number of nitrogens with zero attached hydrogens (tertiary/aromatic N) is 1. The van der Waals surface area contributed by atoms with Gasteiger partial charge in [0, 0.05) is 13.5 Å². The van der Waals surface area contributed by atoms with E-state index in [1.54, 1.807) is 30.3 Å². The van der Waals surface area contributed by atoms with Crippen LogP contribution >= 0.6 is 0 Å². The van der Waals surface area contributed by atoms with Crippen LogP contribution in [0.3, 0.4) is 0 Å². The summed E-state index contributed by atoms with van der Waals surface area (Å²) in [5.41, 5.74) is 1.45. The molecule has 2 aromatic rings. The maximum absolute atomic E-state index is 12.7. The van der Waals surface area contributed by atoms with Crippen molar-refractivity contribution in [3.8, 4) is 11.5 Å². The molecule has 0 radical (unpaired) electrons. The second kappa shape index (κ2) is 9.70.